The minimum atomic E-state index is 0.0150. The highest BCUT2D eigenvalue weighted by Gasteiger charge is 2.15. The monoisotopic (exact) mass is 240 g/mol. The lowest BCUT2D eigenvalue weighted by Crippen LogP contribution is -2.16. The summed E-state index contributed by atoms with van der Waals surface area (Å²) < 4.78 is 1.14. The number of halogens is 1. The molecule has 2 N–H and O–H groups in total. The maximum atomic E-state index is 6.05. The number of nitrogens with two attached hydrogens (primary N) is 1. The molecule has 2 aromatic rings. The lowest BCUT2D eigenvalue weighted by Gasteiger charge is -2.11. The first-order chi connectivity index (χ1) is 7.08. The van der Waals surface area contributed by atoms with Crippen LogP contribution in [0.1, 0.15) is 24.9 Å². The molecule has 0 aliphatic heterocycles. The molecule has 1 unspecified atom stereocenters. The van der Waals surface area contributed by atoms with Gasteiger partial charge in [0.1, 0.15) is 5.01 Å². The van der Waals surface area contributed by atoms with E-state index in [0.29, 0.717) is 5.92 Å². The van der Waals surface area contributed by atoms with Crippen LogP contribution < -0.4 is 5.73 Å². The van der Waals surface area contributed by atoms with Crippen molar-refractivity contribution in [1.82, 2.24) is 4.98 Å². The lowest BCUT2D eigenvalue weighted by molar-refractivity contribution is 0.513. The van der Waals surface area contributed by atoms with Crippen LogP contribution in [0.5, 0.6) is 0 Å². The largest absolute Gasteiger partial charge is 0.322 e. The average molecular weight is 241 g/mol. The Morgan fingerprint density at radius 3 is 2.80 bits per heavy atom. The van der Waals surface area contributed by atoms with Crippen molar-refractivity contribution in [3.63, 3.8) is 0 Å². The molecule has 0 aliphatic rings. The van der Waals surface area contributed by atoms with Crippen molar-refractivity contribution in [1.29, 1.82) is 0 Å². The van der Waals surface area contributed by atoms with E-state index in [-0.39, 0.29) is 6.04 Å². The van der Waals surface area contributed by atoms with E-state index >= 15 is 0 Å². The molecule has 15 heavy (non-hydrogen) atoms. The summed E-state index contributed by atoms with van der Waals surface area (Å²) in [6.07, 6.45) is 0. The molecule has 2 nitrogen and oxygen atoms in total. The van der Waals surface area contributed by atoms with Crippen LogP contribution in [0.25, 0.3) is 10.2 Å². The number of hydrogen-bond donors (Lipinski definition) is 1. The number of hydrogen-bond acceptors (Lipinski definition) is 3. The second-order valence-electron chi connectivity index (χ2n) is 3.93. The zero-order chi connectivity index (χ0) is 11.0. The Balaban J connectivity index is 2.47. The predicted octanol–water partition coefficient (Wildman–Crippen LogP) is 3.61. The van der Waals surface area contributed by atoms with E-state index in [0.717, 1.165) is 20.2 Å². The number of aromatic nitrogens is 1. The first-order valence-electron chi connectivity index (χ1n) is 4.89. The van der Waals surface area contributed by atoms with Crippen molar-refractivity contribution in [2.24, 2.45) is 11.7 Å². The topological polar surface area (TPSA) is 38.9 Å². The Morgan fingerprint density at radius 1 is 1.40 bits per heavy atom. The highest BCUT2D eigenvalue weighted by Crippen LogP contribution is 2.30. The van der Waals surface area contributed by atoms with Crippen LogP contribution >= 0.6 is 22.9 Å². The number of rotatable bonds is 2. The Labute approximate surface area is 98.1 Å². The second-order valence-corrected chi connectivity index (χ2v) is 5.43. The molecular weight excluding hydrogens is 228 g/mol. The first-order valence-corrected chi connectivity index (χ1v) is 6.09. The van der Waals surface area contributed by atoms with Crippen molar-refractivity contribution in [2.45, 2.75) is 19.9 Å². The number of fused-ring (bicyclic) bond motifs is 1. The van der Waals surface area contributed by atoms with E-state index in [4.69, 9.17) is 17.3 Å². The quantitative estimate of drug-likeness (QED) is 0.871. The maximum Gasteiger partial charge on any atom is 0.111 e. The van der Waals surface area contributed by atoms with Crippen molar-refractivity contribution in [2.75, 3.05) is 0 Å². The van der Waals surface area contributed by atoms with Gasteiger partial charge in [-0.25, -0.2) is 4.98 Å². The van der Waals surface area contributed by atoms with Crippen molar-refractivity contribution >= 4 is 33.2 Å². The summed E-state index contributed by atoms with van der Waals surface area (Å²) in [5, 5.41) is 1.71. The number of thiazole rings is 1. The van der Waals surface area contributed by atoms with Crippen LogP contribution in [-0.2, 0) is 0 Å². The summed E-state index contributed by atoms with van der Waals surface area (Å²) in [5.74, 6) is 0.404. The van der Waals surface area contributed by atoms with Crippen molar-refractivity contribution < 1.29 is 0 Å². The molecule has 0 aliphatic carbocycles. The molecule has 0 spiro atoms. The fourth-order valence-electron chi connectivity index (χ4n) is 1.35. The molecule has 1 aromatic carbocycles. The van der Waals surface area contributed by atoms with Crippen LogP contribution in [0.15, 0.2) is 18.2 Å². The Bertz CT molecular complexity index is 478. The molecule has 1 atom stereocenters. The molecule has 0 amide bonds. The summed E-state index contributed by atoms with van der Waals surface area (Å²) in [6.45, 7) is 4.20. The van der Waals surface area contributed by atoms with Crippen LogP contribution in [0.2, 0.25) is 5.02 Å². The van der Waals surface area contributed by atoms with E-state index < -0.39 is 0 Å². The van der Waals surface area contributed by atoms with Crippen molar-refractivity contribution in [3.8, 4) is 0 Å². The minimum Gasteiger partial charge on any atom is -0.322 e. The van der Waals surface area contributed by atoms with Crippen molar-refractivity contribution in [3.05, 3.63) is 28.2 Å². The Hall–Kier alpha value is -0.640. The van der Waals surface area contributed by atoms with E-state index in [2.05, 4.69) is 18.8 Å². The smallest absolute Gasteiger partial charge is 0.111 e. The molecule has 0 saturated carbocycles. The van der Waals surface area contributed by atoms with Crippen LogP contribution in [0.4, 0.5) is 0 Å². The van der Waals surface area contributed by atoms with Gasteiger partial charge in [-0.15, -0.1) is 11.3 Å². The lowest BCUT2D eigenvalue weighted by atomic mass is 10.1. The second kappa shape index (κ2) is 4.08. The standard InChI is InChI=1S/C11H13ClN2S/c1-6(2)10(13)11-14-8-5-7(12)3-4-9(8)15-11/h3-6,10H,13H2,1-2H3. The van der Waals surface area contributed by atoms with Gasteiger partial charge in [-0.1, -0.05) is 25.4 Å². The third-order valence-electron chi connectivity index (χ3n) is 2.37. The van der Waals surface area contributed by atoms with Gasteiger partial charge < -0.3 is 5.73 Å². The molecular formula is C11H13ClN2S. The van der Waals surface area contributed by atoms with Crippen LogP contribution in [-0.4, -0.2) is 4.98 Å². The molecule has 80 valence electrons. The molecule has 2 rings (SSSR count). The zero-order valence-electron chi connectivity index (χ0n) is 8.70. The van der Waals surface area contributed by atoms with Gasteiger partial charge in [-0.05, 0) is 24.1 Å². The van der Waals surface area contributed by atoms with E-state index in [1.165, 1.54) is 0 Å². The summed E-state index contributed by atoms with van der Waals surface area (Å²) in [6, 6.07) is 5.77. The third kappa shape index (κ3) is 2.14. The molecule has 0 fully saturated rings. The molecule has 4 heteroatoms. The number of nitrogens with zero attached hydrogens (tertiary/aromatic N) is 1. The Morgan fingerprint density at radius 2 is 2.13 bits per heavy atom. The fourth-order valence-corrected chi connectivity index (χ4v) is 2.64. The van der Waals surface area contributed by atoms with Gasteiger partial charge >= 0.3 is 0 Å². The van der Waals surface area contributed by atoms with Gasteiger partial charge in [0, 0.05) is 5.02 Å². The third-order valence-corrected chi connectivity index (χ3v) is 3.74. The number of benzene rings is 1. The van der Waals surface area contributed by atoms with Gasteiger partial charge in [0.05, 0.1) is 16.3 Å². The maximum absolute atomic E-state index is 6.05. The summed E-state index contributed by atoms with van der Waals surface area (Å²) >= 11 is 7.55. The highest BCUT2D eigenvalue weighted by molar-refractivity contribution is 7.18. The SMILES string of the molecule is CC(C)C(N)c1nc2cc(Cl)ccc2s1. The average Bonchev–Trinajstić information content (AvgIpc) is 2.58. The highest BCUT2D eigenvalue weighted by atomic mass is 35.5. The van der Waals surface area contributed by atoms with E-state index in [1.54, 1.807) is 11.3 Å². The van der Waals surface area contributed by atoms with E-state index in [9.17, 15) is 0 Å². The molecule has 1 aromatic heterocycles. The Kier molecular flexibility index (Phi) is 2.96. The van der Waals surface area contributed by atoms with Gasteiger partial charge in [0.25, 0.3) is 0 Å². The van der Waals surface area contributed by atoms with Gasteiger partial charge in [-0.3, -0.25) is 0 Å². The normalized spacial score (nSPS) is 13.7. The van der Waals surface area contributed by atoms with Crippen LogP contribution in [0, 0.1) is 5.92 Å². The predicted molar refractivity (Wildman–Crippen MR) is 66.4 cm³/mol. The zero-order valence-corrected chi connectivity index (χ0v) is 10.3. The fraction of sp³-hybridized carbons (Fsp3) is 0.364. The molecule has 0 saturated heterocycles. The van der Waals surface area contributed by atoms with Crippen LogP contribution in [0.3, 0.4) is 0 Å². The summed E-state index contributed by atoms with van der Waals surface area (Å²) in [5.41, 5.74) is 7.00. The van der Waals surface area contributed by atoms with Gasteiger partial charge in [0.15, 0.2) is 0 Å². The van der Waals surface area contributed by atoms with Gasteiger partial charge in [-0.2, -0.15) is 0 Å². The minimum absolute atomic E-state index is 0.0150. The first kappa shape index (κ1) is 10.9. The molecule has 0 bridgehead atoms. The molecule has 0 radical (unpaired) electrons. The van der Waals surface area contributed by atoms with Gasteiger partial charge in [0.2, 0.25) is 0 Å². The summed E-state index contributed by atoms with van der Waals surface area (Å²) in [4.78, 5) is 4.50. The molecule has 1 heterocycles. The summed E-state index contributed by atoms with van der Waals surface area (Å²) in [7, 11) is 0. The van der Waals surface area contributed by atoms with E-state index in [1.807, 2.05) is 18.2 Å².